The largest absolute Gasteiger partial charge is 0.399 e. The lowest BCUT2D eigenvalue weighted by Crippen LogP contribution is -2.43. The molecule has 0 spiro atoms. The summed E-state index contributed by atoms with van der Waals surface area (Å²) in [6.07, 6.45) is 1.84. The number of anilines is 1. The number of nitrogen functional groups attached to an aromatic ring is 1. The number of hydrogen-bond donors (Lipinski definition) is 1. The molecule has 1 aromatic heterocycles. The van der Waals surface area contributed by atoms with Crippen LogP contribution in [-0.4, -0.2) is 17.9 Å². The molecule has 0 bridgehead atoms. The second kappa shape index (κ2) is 6.17. The lowest BCUT2D eigenvalue weighted by atomic mass is 10.2. The molecule has 0 amide bonds. The summed E-state index contributed by atoms with van der Waals surface area (Å²) in [6.45, 7) is 13.9. The lowest BCUT2D eigenvalue weighted by Gasteiger charge is -2.37. The Morgan fingerprint density at radius 2 is 1.64 bits per heavy atom. The summed E-state index contributed by atoms with van der Waals surface area (Å²) in [6, 6.07) is 9.19. The molecule has 4 heteroatoms. The van der Waals surface area contributed by atoms with Gasteiger partial charge in [0.05, 0.1) is 11.7 Å². The summed E-state index contributed by atoms with van der Waals surface area (Å²) in [5.41, 5.74) is 13.2. The summed E-state index contributed by atoms with van der Waals surface area (Å²) in [5, 5.41) is 5.47. The van der Waals surface area contributed by atoms with Crippen molar-refractivity contribution in [2.75, 3.05) is 5.73 Å². The van der Waals surface area contributed by atoms with Crippen molar-refractivity contribution in [3.05, 3.63) is 24.4 Å². The molecule has 0 aliphatic rings. The van der Waals surface area contributed by atoms with Gasteiger partial charge in [-0.05, 0) is 34.8 Å². The van der Waals surface area contributed by atoms with Gasteiger partial charge in [-0.15, -0.1) is 5.54 Å². The maximum Gasteiger partial charge on any atom is 0.148 e. The first-order valence-electron chi connectivity index (χ1n) is 8.05. The molecule has 22 heavy (non-hydrogen) atoms. The molecule has 118 valence electrons. The van der Waals surface area contributed by atoms with Crippen molar-refractivity contribution in [3.63, 3.8) is 0 Å². The van der Waals surface area contributed by atoms with E-state index < -0.39 is 8.07 Å². The van der Waals surface area contributed by atoms with Crippen molar-refractivity contribution in [1.82, 2.24) is 9.78 Å². The summed E-state index contributed by atoms with van der Waals surface area (Å²) < 4.78 is 1.81. The summed E-state index contributed by atoms with van der Waals surface area (Å²) >= 11 is 0. The molecule has 0 fully saturated rings. The number of benzene rings is 1. The van der Waals surface area contributed by atoms with E-state index in [0.717, 1.165) is 16.6 Å². The maximum absolute atomic E-state index is 5.83. The van der Waals surface area contributed by atoms with Crippen LogP contribution in [0.1, 0.15) is 41.5 Å². The molecule has 0 radical (unpaired) electrons. The predicted molar refractivity (Wildman–Crippen MR) is 98.4 cm³/mol. The highest BCUT2D eigenvalue weighted by atomic mass is 28.3. The first kappa shape index (κ1) is 16.6. The Balaban J connectivity index is 2.53. The molecular formula is C18H27N3Si. The van der Waals surface area contributed by atoms with Gasteiger partial charge in [0.1, 0.15) is 8.07 Å². The Hall–Kier alpha value is -1.73. The fourth-order valence-corrected chi connectivity index (χ4v) is 8.89. The van der Waals surface area contributed by atoms with Gasteiger partial charge in [0.2, 0.25) is 0 Å². The standard InChI is InChI=1S/C18H27N3Si/c1-13(2)22(14(3)4,15(5)6)10-9-21-18-8-7-17(19)11-16(18)12-20-21/h7-8,11-15H,19H2,1-6H3. The van der Waals surface area contributed by atoms with Crippen LogP contribution in [0.5, 0.6) is 0 Å². The fraction of sp³-hybridized carbons (Fsp3) is 0.500. The molecule has 0 saturated heterocycles. The zero-order chi connectivity index (χ0) is 16.5. The Morgan fingerprint density at radius 1 is 1.05 bits per heavy atom. The van der Waals surface area contributed by atoms with Crippen LogP contribution in [0.15, 0.2) is 24.4 Å². The number of nitrogens with two attached hydrogens (primary N) is 1. The Labute approximate surface area is 134 Å². The van der Waals surface area contributed by atoms with Gasteiger partial charge in [0.25, 0.3) is 0 Å². The maximum atomic E-state index is 5.83. The zero-order valence-corrected chi connectivity index (χ0v) is 15.5. The van der Waals surface area contributed by atoms with Gasteiger partial charge in [0.15, 0.2) is 0 Å². The molecule has 2 rings (SSSR count). The number of aromatic nitrogens is 2. The third-order valence-electron chi connectivity index (χ3n) is 4.84. The lowest BCUT2D eigenvalue weighted by molar-refractivity contribution is 0.837. The number of hydrogen-bond acceptors (Lipinski definition) is 2. The van der Waals surface area contributed by atoms with E-state index in [1.54, 1.807) is 0 Å². The Kier molecular flexibility index (Phi) is 4.67. The molecule has 0 aliphatic carbocycles. The molecule has 0 atom stereocenters. The van der Waals surface area contributed by atoms with Crippen LogP contribution in [0.4, 0.5) is 5.69 Å². The monoisotopic (exact) mass is 313 g/mol. The number of fused-ring (bicyclic) bond motifs is 1. The van der Waals surface area contributed by atoms with Crippen LogP contribution in [0, 0.1) is 11.6 Å². The van der Waals surface area contributed by atoms with E-state index in [9.17, 15) is 0 Å². The molecule has 0 aliphatic heterocycles. The van der Waals surface area contributed by atoms with Crippen LogP contribution in [0.25, 0.3) is 10.9 Å². The van der Waals surface area contributed by atoms with Gasteiger partial charge < -0.3 is 5.73 Å². The molecule has 0 unspecified atom stereocenters. The highest BCUT2D eigenvalue weighted by molar-refractivity contribution is 6.90. The summed E-state index contributed by atoms with van der Waals surface area (Å²) in [4.78, 5) is 0. The SMILES string of the molecule is CC(C)[Si](C#Cn1ncc2cc(N)ccc21)(C(C)C)C(C)C. The van der Waals surface area contributed by atoms with Gasteiger partial charge >= 0.3 is 0 Å². The molecule has 1 aromatic carbocycles. The molecular weight excluding hydrogens is 286 g/mol. The van der Waals surface area contributed by atoms with Crippen molar-refractivity contribution in [2.24, 2.45) is 0 Å². The van der Waals surface area contributed by atoms with Crippen LogP contribution >= 0.6 is 0 Å². The van der Waals surface area contributed by atoms with Crippen LogP contribution in [-0.2, 0) is 0 Å². The van der Waals surface area contributed by atoms with Gasteiger partial charge in [-0.25, -0.2) is 0 Å². The first-order chi connectivity index (χ1) is 10.3. The highest BCUT2D eigenvalue weighted by Gasteiger charge is 2.41. The van der Waals surface area contributed by atoms with E-state index in [1.165, 1.54) is 0 Å². The normalized spacial score (nSPS) is 12.2. The summed E-state index contributed by atoms with van der Waals surface area (Å²) in [5.74, 6) is 0. The second-order valence-corrected chi connectivity index (χ2v) is 12.6. The minimum atomic E-state index is -1.73. The highest BCUT2D eigenvalue weighted by Crippen LogP contribution is 2.40. The van der Waals surface area contributed by atoms with E-state index in [4.69, 9.17) is 5.73 Å². The molecule has 1 heterocycles. The van der Waals surface area contributed by atoms with Gasteiger partial charge in [-0.3, -0.25) is 0 Å². The van der Waals surface area contributed by atoms with Crippen LogP contribution in [0.3, 0.4) is 0 Å². The van der Waals surface area contributed by atoms with Crippen LogP contribution in [0.2, 0.25) is 16.6 Å². The third kappa shape index (κ3) is 2.78. The van der Waals surface area contributed by atoms with Crippen molar-refractivity contribution >= 4 is 24.7 Å². The van der Waals surface area contributed by atoms with Gasteiger partial charge in [-0.1, -0.05) is 41.5 Å². The van der Waals surface area contributed by atoms with Gasteiger partial charge in [0, 0.05) is 17.1 Å². The van der Waals surface area contributed by atoms with E-state index in [-0.39, 0.29) is 0 Å². The Bertz CT molecular complexity index is 695. The minimum Gasteiger partial charge on any atom is -0.399 e. The minimum absolute atomic E-state index is 0.623. The van der Waals surface area contributed by atoms with Gasteiger partial charge in [-0.2, -0.15) is 9.78 Å². The smallest absolute Gasteiger partial charge is 0.148 e. The van der Waals surface area contributed by atoms with Crippen molar-refractivity contribution in [1.29, 1.82) is 0 Å². The molecule has 3 nitrogen and oxygen atoms in total. The van der Waals surface area contributed by atoms with E-state index in [2.05, 4.69) is 58.2 Å². The average molecular weight is 314 g/mol. The van der Waals surface area contributed by atoms with Crippen LogP contribution < -0.4 is 5.73 Å². The zero-order valence-electron chi connectivity index (χ0n) is 14.5. The Morgan fingerprint density at radius 3 is 2.18 bits per heavy atom. The van der Waals surface area contributed by atoms with Crippen molar-refractivity contribution in [3.8, 4) is 11.6 Å². The molecule has 2 aromatic rings. The summed E-state index contributed by atoms with van der Waals surface area (Å²) in [7, 11) is -1.73. The average Bonchev–Trinajstić information content (AvgIpc) is 2.80. The third-order valence-corrected chi connectivity index (χ3v) is 11.1. The second-order valence-electron chi connectivity index (χ2n) is 7.01. The number of nitrogens with zero attached hydrogens (tertiary/aromatic N) is 2. The van der Waals surface area contributed by atoms with E-state index in [1.807, 2.05) is 29.1 Å². The van der Waals surface area contributed by atoms with E-state index >= 15 is 0 Å². The van der Waals surface area contributed by atoms with E-state index in [0.29, 0.717) is 16.6 Å². The molecule has 2 N–H and O–H groups in total. The van der Waals surface area contributed by atoms with Crippen molar-refractivity contribution < 1.29 is 0 Å². The first-order valence-corrected chi connectivity index (χ1v) is 10.3. The topological polar surface area (TPSA) is 43.8 Å². The van der Waals surface area contributed by atoms with Crippen molar-refractivity contribution in [2.45, 2.75) is 58.2 Å². The number of rotatable bonds is 3. The predicted octanol–water partition coefficient (Wildman–Crippen LogP) is 4.65. The molecule has 0 saturated carbocycles. The fourth-order valence-electron chi connectivity index (χ4n) is 3.72. The quantitative estimate of drug-likeness (QED) is 0.509.